The second-order valence-corrected chi connectivity index (χ2v) is 8.02. The molecule has 0 heterocycles. The lowest BCUT2D eigenvalue weighted by molar-refractivity contribution is -0.123. The van der Waals surface area contributed by atoms with Crippen LogP contribution >= 0.6 is 31.9 Å². The molecule has 2 rings (SSSR count). The van der Waals surface area contributed by atoms with Gasteiger partial charge in [0, 0.05) is 4.47 Å². The van der Waals surface area contributed by atoms with Crippen molar-refractivity contribution < 1.29 is 19.1 Å². The summed E-state index contributed by atoms with van der Waals surface area (Å²) in [5.74, 6) is 0.0692. The summed E-state index contributed by atoms with van der Waals surface area (Å²) in [5.41, 5.74) is 6.24. The third-order valence-corrected chi connectivity index (χ3v) is 5.13. The molecule has 0 saturated heterocycles. The first-order chi connectivity index (χ1) is 13.9. The average Bonchev–Trinajstić information content (AvgIpc) is 2.72. The van der Waals surface area contributed by atoms with Gasteiger partial charge in [-0.25, -0.2) is 0 Å². The maximum atomic E-state index is 12.5. The monoisotopic (exact) mass is 526 g/mol. The molecule has 0 aliphatic heterocycles. The summed E-state index contributed by atoms with van der Waals surface area (Å²) in [6.45, 7) is 4.41. The first-order valence-corrected chi connectivity index (χ1v) is 11.0. The minimum Gasteiger partial charge on any atom is -0.493 e. The first-order valence-electron chi connectivity index (χ1n) is 9.37. The van der Waals surface area contributed by atoms with Crippen molar-refractivity contribution in [3.8, 4) is 11.5 Å². The van der Waals surface area contributed by atoms with Crippen LogP contribution in [0.4, 0.5) is 0 Å². The van der Waals surface area contributed by atoms with Gasteiger partial charge in [0.1, 0.15) is 11.5 Å². The van der Waals surface area contributed by atoms with Crippen LogP contribution in [-0.2, 0) is 11.2 Å². The highest BCUT2D eigenvalue weighted by atomic mass is 79.9. The normalized spacial score (nSPS) is 10.3. The summed E-state index contributed by atoms with van der Waals surface area (Å²) in [5, 5.41) is 0. The summed E-state index contributed by atoms with van der Waals surface area (Å²) >= 11 is 6.77. The van der Waals surface area contributed by atoms with E-state index in [0.717, 1.165) is 33.8 Å². The number of halogens is 2. The lowest BCUT2D eigenvalue weighted by atomic mass is 10.2. The molecule has 2 amide bonds. The van der Waals surface area contributed by atoms with Gasteiger partial charge < -0.3 is 9.47 Å². The standard InChI is InChI=1S/C21H24Br2N2O4/c1-3-5-10-28-18-9-7-15(22)12-16(18)21(27)25-24-20(26)13-29-19-8-6-14(4-2)11-17(19)23/h6-9,11-12H,3-5,10,13H2,1-2H3,(H,24,26)(H,25,27). The molecule has 0 fully saturated rings. The Kier molecular flexibility index (Phi) is 9.47. The first kappa shape index (κ1) is 23.2. The van der Waals surface area contributed by atoms with E-state index in [1.165, 1.54) is 0 Å². The lowest BCUT2D eigenvalue weighted by Crippen LogP contribution is -2.44. The molecule has 2 aromatic carbocycles. The predicted octanol–water partition coefficient (Wildman–Crippen LogP) is 4.79. The number of carbonyl (C=O) groups excluding carboxylic acids is 2. The van der Waals surface area contributed by atoms with Crippen LogP contribution in [0.2, 0.25) is 0 Å². The van der Waals surface area contributed by atoms with Gasteiger partial charge in [0.15, 0.2) is 6.61 Å². The van der Waals surface area contributed by atoms with E-state index in [1.54, 1.807) is 24.3 Å². The number of benzene rings is 2. The number of amides is 2. The van der Waals surface area contributed by atoms with Gasteiger partial charge in [0.2, 0.25) is 0 Å². The molecule has 0 radical (unpaired) electrons. The summed E-state index contributed by atoms with van der Waals surface area (Å²) in [6.07, 6.45) is 2.79. The number of nitrogens with one attached hydrogen (secondary N) is 2. The molecule has 0 bridgehead atoms. The Morgan fingerprint density at radius 2 is 1.72 bits per heavy atom. The zero-order valence-corrected chi connectivity index (χ0v) is 19.6. The van der Waals surface area contributed by atoms with E-state index in [2.05, 4.69) is 56.6 Å². The number of aryl methyl sites for hydroxylation is 1. The lowest BCUT2D eigenvalue weighted by Gasteiger charge is -2.13. The fourth-order valence-electron chi connectivity index (χ4n) is 2.39. The van der Waals surface area contributed by atoms with Crippen LogP contribution in [0.3, 0.4) is 0 Å². The summed E-state index contributed by atoms with van der Waals surface area (Å²) in [4.78, 5) is 24.5. The van der Waals surface area contributed by atoms with E-state index in [-0.39, 0.29) is 6.61 Å². The third-order valence-electron chi connectivity index (χ3n) is 4.02. The van der Waals surface area contributed by atoms with Crippen molar-refractivity contribution >= 4 is 43.7 Å². The van der Waals surface area contributed by atoms with Crippen molar-refractivity contribution in [3.05, 3.63) is 56.5 Å². The molecule has 0 spiro atoms. The number of carbonyl (C=O) groups is 2. The zero-order valence-electron chi connectivity index (χ0n) is 16.4. The smallest absolute Gasteiger partial charge is 0.276 e. The van der Waals surface area contributed by atoms with Gasteiger partial charge in [-0.05, 0) is 64.7 Å². The molecular formula is C21H24Br2N2O4. The van der Waals surface area contributed by atoms with Crippen molar-refractivity contribution in [2.75, 3.05) is 13.2 Å². The number of unbranched alkanes of at least 4 members (excludes halogenated alkanes) is 1. The molecule has 0 unspecified atom stereocenters. The fraction of sp³-hybridized carbons (Fsp3) is 0.333. The van der Waals surface area contributed by atoms with Gasteiger partial charge in [-0.3, -0.25) is 20.4 Å². The number of hydrogen-bond acceptors (Lipinski definition) is 4. The van der Waals surface area contributed by atoms with Crippen molar-refractivity contribution in [2.45, 2.75) is 33.1 Å². The van der Waals surface area contributed by atoms with Gasteiger partial charge in [-0.2, -0.15) is 0 Å². The van der Waals surface area contributed by atoms with E-state index in [4.69, 9.17) is 9.47 Å². The number of hydrazine groups is 1. The van der Waals surface area contributed by atoms with Crippen LogP contribution in [0.25, 0.3) is 0 Å². The average molecular weight is 528 g/mol. The van der Waals surface area contributed by atoms with Crippen LogP contribution in [0.1, 0.15) is 42.6 Å². The topological polar surface area (TPSA) is 76.7 Å². The van der Waals surface area contributed by atoms with Crippen LogP contribution < -0.4 is 20.3 Å². The van der Waals surface area contributed by atoms with E-state index < -0.39 is 11.8 Å². The Labute approximate surface area is 187 Å². The van der Waals surface area contributed by atoms with Crippen LogP contribution in [0, 0.1) is 0 Å². The Bertz CT molecular complexity index is 859. The third kappa shape index (κ3) is 7.36. The van der Waals surface area contributed by atoms with Crippen LogP contribution in [0.5, 0.6) is 11.5 Å². The highest BCUT2D eigenvalue weighted by Crippen LogP contribution is 2.26. The van der Waals surface area contributed by atoms with Crippen molar-refractivity contribution in [3.63, 3.8) is 0 Å². The number of rotatable bonds is 9. The molecule has 156 valence electrons. The second kappa shape index (κ2) is 11.8. The quantitative estimate of drug-likeness (QED) is 0.363. The zero-order chi connectivity index (χ0) is 21.2. The molecule has 8 heteroatoms. The molecule has 2 N–H and O–H groups in total. The molecular weight excluding hydrogens is 504 g/mol. The number of hydrogen-bond donors (Lipinski definition) is 2. The van der Waals surface area contributed by atoms with Crippen molar-refractivity contribution in [1.29, 1.82) is 0 Å². The molecule has 0 aliphatic rings. The Hall–Kier alpha value is -2.06. The van der Waals surface area contributed by atoms with Crippen molar-refractivity contribution in [2.24, 2.45) is 0 Å². The summed E-state index contributed by atoms with van der Waals surface area (Å²) < 4.78 is 12.7. The summed E-state index contributed by atoms with van der Waals surface area (Å²) in [7, 11) is 0. The molecule has 0 aromatic heterocycles. The van der Waals surface area contributed by atoms with E-state index in [1.807, 2.05) is 12.1 Å². The molecule has 0 atom stereocenters. The van der Waals surface area contributed by atoms with Gasteiger partial charge in [0.05, 0.1) is 16.6 Å². The Morgan fingerprint density at radius 3 is 2.41 bits per heavy atom. The van der Waals surface area contributed by atoms with Crippen LogP contribution in [-0.4, -0.2) is 25.0 Å². The van der Waals surface area contributed by atoms with Crippen LogP contribution in [0.15, 0.2) is 45.3 Å². The van der Waals surface area contributed by atoms with E-state index >= 15 is 0 Å². The largest absolute Gasteiger partial charge is 0.493 e. The minimum atomic E-state index is -0.478. The van der Waals surface area contributed by atoms with Crippen molar-refractivity contribution in [1.82, 2.24) is 10.9 Å². The van der Waals surface area contributed by atoms with E-state index in [0.29, 0.717) is 23.7 Å². The molecule has 29 heavy (non-hydrogen) atoms. The number of ether oxygens (including phenoxy) is 2. The predicted molar refractivity (Wildman–Crippen MR) is 119 cm³/mol. The molecule has 0 saturated carbocycles. The van der Waals surface area contributed by atoms with E-state index in [9.17, 15) is 9.59 Å². The molecule has 6 nitrogen and oxygen atoms in total. The Morgan fingerprint density at radius 1 is 0.966 bits per heavy atom. The minimum absolute atomic E-state index is 0.233. The maximum absolute atomic E-state index is 12.5. The van der Waals surface area contributed by atoms with Gasteiger partial charge in [-0.1, -0.05) is 42.3 Å². The second-order valence-electron chi connectivity index (χ2n) is 6.25. The SMILES string of the molecule is CCCCOc1ccc(Br)cc1C(=O)NNC(=O)COc1ccc(CC)cc1Br. The van der Waals surface area contributed by atoms with Gasteiger partial charge in [-0.15, -0.1) is 0 Å². The highest BCUT2D eigenvalue weighted by molar-refractivity contribution is 9.10. The maximum Gasteiger partial charge on any atom is 0.276 e. The fourth-order valence-corrected chi connectivity index (χ4v) is 3.29. The summed E-state index contributed by atoms with van der Waals surface area (Å²) in [6, 6.07) is 10.8. The Balaban J connectivity index is 1.90. The highest BCUT2D eigenvalue weighted by Gasteiger charge is 2.15. The van der Waals surface area contributed by atoms with Gasteiger partial charge in [0.25, 0.3) is 11.8 Å². The van der Waals surface area contributed by atoms with Gasteiger partial charge >= 0.3 is 0 Å². The molecule has 2 aromatic rings. The molecule has 0 aliphatic carbocycles.